The zero-order valence-electron chi connectivity index (χ0n) is 17.1. The third-order valence-electron chi connectivity index (χ3n) is 6.03. The Hall–Kier alpha value is -3.42. The molecule has 1 aliphatic carbocycles. The number of anilines is 1. The Morgan fingerprint density at radius 2 is 1.88 bits per heavy atom. The van der Waals surface area contributed by atoms with Crippen LogP contribution in [0.15, 0.2) is 59.8 Å². The number of nitrogens with zero attached hydrogens (tertiary/aromatic N) is 2. The largest absolute Gasteiger partial charge is 0.418 e. The molecule has 2 heterocycles. The Morgan fingerprint density at radius 1 is 1.09 bits per heavy atom. The molecular formula is C24H19F4N3O. The molecule has 0 unspecified atom stereocenters. The molecule has 3 aromatic rings. The van der Waals surface area contributed by atoms with Crippen LogP contribution in [0.1, 0.15) is 47.6 Å². The smallest absolute Gasteiger partial charge is 0.343 e. The lowest BCUT2D eigenvalue weighted by Crippen LogP contribution is -2.27. The van der Waals surface area contributed by atoms with Crippen molar-refractivity contribution in [2.75, 3.05) is 5.32 Å². The molecule has 2 aromatic carbocycles. The van der Waals surface area contributed by atoms with Crippen molar-refractivity contribution in [3.8, 4) is 5.69 Å². The number of fused-ring (bicyclic) bond motifs is 1. The second-order valence-corrected chi connectivity index (χ2v) is 8.06. The van der Waals surface area contributed by atoms with E-state index in [0.717, 1.165) is 6.07 Å². The fraction of sp³-hybridized carbons (Fsp3) is 0.250. The molecule has 0 saturated carbocycles. The van der Waals surface area contributed by atoms with Crippen molar-refractivity contribution in [2.24, 2.45) is 0 Å². The van der Waals surface area contributed by atoms with E-state index in [1.54, 1.807) is 19.1 Å². The van der Waals surface area contributed by atoms with Gasteiger partial charge in [-0.15, -0.1) is 0 Å². The molecule has 1 aromatic heterocycles. The summed E-state index contributed by atoms with van der Waals surface area (Å²) in [5.74, 6) is -0.708. The molecule has 0 amide bonds. The van der Waals surface area contributed by atoms with Gasteiger partial charge in [-0.3, -0.25) is 4.79 Å². The predicted molar refractivity (Wildman–Crippen MR) is 111 cm³/mol. The van der Waals surface area contributed by atoms with Crippen LogP contribution in [0.2, 0.25) is 0 Å². The molecule has 0 radical (unpaired) electrons. The molecule has 32 heavy (non-hydrogen) atoms. The van der Waals surface area contributed by atoms with Gasteiger partial charge in [0.15, 0.2) is 5.78 Å². The first-order chi connectivity index (χ1) is 15.3. The van der Waals surface area contributed by atoms with Crippen LogP contribution in [-0.2, 0) is 11.0 Å². The van der Waals surface area contributed by atoms with Crippen molar-refractivity contribution in [3.63, 3.8) is 0 Å². The quantitative estimate of drug-likeness (QED) is 0.504. The fourth-order valence-electron chi connectivity index (χ4n) is 4.71. The third-order valence-corrected chi connectivity index (χ3v) is 6.03. The summed E-state index contributed by atoms with van der Waals surface area (Å²) in [5.41, 5.74) is 1.91. The van der Waals surface area contributed by atoms with E-state index in [4.69, 9.17) is 0 Å². The zero-order valence-corrected chi connectivity index (χ0v) is 17.1. The first kappa shape index (κ1) is 20.5. The van der Waals surface area contributed by atoms with E-state index >= 15 is 0 Å². The van der Waals surface area contributed by atoms with Gasteiger partial charge in [-0.05, 0) is 49.6 Å². The van der Waals surface area contributed by atoms with Crippen LogP contribution in [0.3, 0.4) is 0 Å². The van der Waals surface area contributed by atoms with Crippen LogP contribution < -0.4 is 5.32 Å². The highest BCUT2D eigenvalue weighted by Gasteiger charge is 2.40. The van der Waals surface area contributed by atoms with Crippen molar-refractivity contribution in [2.45, 2.75) is 38.3 Å². The second kappa shape index (κ2) is 7.32. The summed E-state index contributed by atoms with van der Waals surface area (Å²) >= 11 is 0. The maximum atomic E-state index is 14.1. The molecule has 0 bridgehead atoms. The molecule has 2 aliphatic rings. The number of rotatable bonds is 2. The Balaban J connectivity index is 1.77. The van der Waals surface area contributed by atoms with Gasteiger partial charge in [0.2, 0.25) is 0 Å². The highest BCUT2D eigenvalue weighted by molar-refractivity contribution is 6.01. The lowest BCUT2D eigenvalue weighted by Gasteiger charge is -2.33. The van der Waals surface area contributed by atoms with E-state index in [2.05, 4.69) is 10.4 Å². The molecule has 4 nitrogen and oxygen atoms in total. The van der Waals surface area contributed by atoms with Gasteiger partial charge < -0.3 is 5.32 Å². The van der Waals surface area contributed by atoms with Gasteiger partial charge in [0.25, 0.3) is 0 Å². The first-order valence-electron chi connectivity index (χ1n) is 10.3. The van der Waals surface area contributed by atoms with Gasteiger partial charge in [-0.1, -0.05) is 24.3 Å². The number of benzene rings is 2. The number of carbonyl (C=O) groups excluding carboxylic acids is 1. The number of aromatic nitrogens is 2. The highest BCUT2D eigenvalue weighted by atomic mass is 19.4. The van der Waals surface area contributed by atoms with Crippen LogP contribution in [0.4, 0.5) is 23.4 Å². The number of para-hydroxylation sites is 1. The van der Waals surface area contributed by atoms with Gasteiger partial charge in [0, 0.05) is 29.2 Å². The van der Waals surface area contributed by atoms with E-state index < -0.39 is 23.5 Å². The van der Waals surface area contributed by atoms with E-state index in [9.17, 15) is 22.4 Å². The average Bonchev–Trinajstić information content (AvgIpc) is 3.08. The van der Waals surface area contributed by atoms with E-state index in [1.165, 1.54) is 35.0 Å². The summed E-state index contributed by atoms with van der Waals surface area (Å²) in [7, 11) is 0. The number of ketones is 1. The summed E-state index contributed by atoms with van der Waals surface area (Å²) in [6.45, 7) is 1.69. The summed E-state index contributed by atoms with van der Waals surface area (Å²) in [5, 5.41) is 7.65. The standard InChI is InChI=1S/C24H19F4N3O/c1-13-20-21(14-6-4-7-15(25)12-14)22-17(9-5-11-19(22)32)29-23(20)31(30-13)18-10-3-2-8-16(18)24(26,27)28/h2-4,6-8,10,12,21,29H,5,9,11H2,1H3/t21-/m0/s1. The molecular weight excluding hydrogens is 422 g/mol. The van der Waals surface area contributed by atoms with Gasteiger partial charge >= 0.3 is 6.18 Å². The molecule has 1 N–H and O–H groups in total. The number of allylic oxidation sites excluding steroid dienone is 2. The minimum atomic E-state index is -4.56. The number of nitrogens with one attached hydrogen (secondary N) is 1. The first-order valence-corrected chi connectivity index (χ1v) is 10.3. The van der Waals surface area contributed by atoms with Gasteiger partial charge in [0.05, 0.1) is 16.9 Å². The summed E-state index contributed by atoms with van der Waals surface area (Å²) in [4.78, 5) is 12.9. The summed E-state index contributed by atoms with van der Waals surface area (Å²) in [6, 6.07) is 11.2. The van der Waals surface area contributed by atoms with E-state index in [1.807, 2.05) is 0 Å². The van der Waals surface area contributed by atoms with Crippen molar-refractivity contribution in [3.05, 3.63) is 88.0 Å². The Labute approximate surface area is 181 Å². The normalized spacial score (nSPS) is 18.3. The molecule has 8 heteroatoms. The Kier molecular flexibility index (Phi) is 4.69. The van der Waals surface area contributed by atoms with Gasteiger partial charge in [-0.2, -0.15) is 18.3 Å². The predicted octanol–water partition coefficient (Wildman–Crippen LogP) is 5.90. The number of Topliss-reactive ketones (excluding diaryl/α,β-unsaturated/α-hetero) is 1. The van der Waals surface area contributed by atoms with Crippen molar-refractivity contribution in [1.82, 2.24) is 9.78 Å². The fourth-order valence-corrected chi connectivity index (χ4v) is 4.71. The van der Waals surface area contributed by atoms with E-state index in [0.29, 0.717) is 53.2 Å². The lowest BCUT2D eigenvalue weighted by molar-refractivity contribution is -0.137. The Bertz CT molecular complexity index is 1270. The number of hydrogen-bond acceptors (Lipinski definition) is 3. The van der Waals surface area contributed by atoms with Crippen LogP contribution in [0.5, 0.6) is 0 Å². The maximum absolute atomic E-state index is 14.1. The summed E-state index contributed by atoms with van der Waals surface area (Å²) in [6.07, 6.45) is -2.96. The highest BCUT2D eigenvalue weighted by Crippen LogP contribution is 2.48. The molecule has 0 saturated heterocycles. The molecule has 5 rings (SSSR count). The van der Waals surface area contributed by atoms with Crippen LogP contribution in [0.25, 0.3) is 5.69 Å². The molecule has 164 valence electrons. The van der Waals surface area contributed by atoms with Crippen LogP contribution >= 0.6 is 0 Å². The minimum Gasteiger partial charge on any atom is -0.343 e. The molecule has 1 aliphatic heterocycles. The number of aryl methyl sites for hydroxylation is 1. The molecule has 0 spiro atoms. The SMILES string of the molecule is Cc1nn(-c2ccccc2C(F)(F)F)c2c1[C@H](c1cccc(F)c1)C1=C(CCCC1=O)N2. The monoisotopic (exact) mass is 441 g/mol. The number of carbonyl (C=O) groups is 1. The third kappa shape index (κ3) is 3.21. The number of hydrogen-bond donors (Lipinski definition) is 1. The zero-order chi connectivity index (χ0) is 22.6. The van der Waals surface area contributed by atoms with Gasteiger partial charge in [-0.25, -0.2) is 9.07 Å². The van der Waals surface area contributed by atoms with Crippen LogP contribution in [-0.4, -0.2) is 15.6 Å². The minimum absolute atomic E-state index is 0.0403. The average molecular weight is 441 g/mol. The van der Waals surface area contributed by atoms with E-state index in [-0.39, 0.29) is 11.5 Å². The van der Waals surface area contributed by atoms with Crippen molar-refractivity contribution >= 4 is 11.6 Å². The Morgan fingerprint density at radius 3 is 2.62 bits per heavy atom. The lowest BCUT2D eigenvalue weighted by atomic mass is 9.76. The topological polar surface area (TPSA) is 46.9 Å². The van der Waals surface area contributed by atoms with Crippen LogP contribution in [0, 0.1) is 12.7 Å². The number of alkyl halides is 3. The number of halogens is 4. The van der Waals surface area contributed by atoms with Gasteiger partial charge in [0.1, 0.15) is 11.6 Å². The van der Waals surface area contributed by atoms with Crippen molar-refractivity contribution < 1.29 is 22.4 Å². The van der Waals surface area contributed by atoms with Crippen molar-refractivity contribution in [1.29, 1.82) is 0 Å². The molecule has 1 atom stereocenters. The molecule has 0 fully saturated rings. The maximum Gasteiger partial charge on any atom is 0.418 e. The second-order valence-electron chi connectivity index (χ2n) is 8.06. The summed E-state index contributed by atoms with van der Waals surface area (Å²) < 4.78 is 56.5.